The molecule has 0 aromatic heterocycles. The Labute approximate surface area is 130 Å². The SMILES string of the molecule is CCCNC(CC12CC3CC(CC(C3)C1)C2)C1CCOC1. The summed E-state index contributed by atoms with van der Waals surface area (Å²) >= 11 is 0. The maximum Gasteiger partial charge on any atom is 0.0510 e. The molecule has 4 saturated carbocycles. The van der Waals surface area contributed by atoms with Gasteiger partial charge in [-0.25, -0.2) is 0 Å². The van der Waals surface area contributed by atoms with E-state index >= 15 is 0 Å². The monoisotopic (exact) mass is 291 g/mol. The summed E-state index contributed by atoms with van der Waals surface area (Å²) in [5, 5.41) is 3.91. The highest BCUT2D eigenvalue weighted by molar-refractivity contribution is 5.03. The van der Waals surface area contributed by atoms with E-state index in [1.807, 2.05) is 0 Å². The van der Waals surface area contributed by atoms with Crippen LogP contribution in [-0.2, 0) is 4.74 Å². The first-order valence-corrected chi connectivity index (χ1v) is 9.57. The molecule has 21 heavy (non-hydrogen) atoms. The zero-order valence-electron chi connectivity index (χ0n) is 13.8. The minimum atomic E-state index is 0.711. The van der Waals surface area contributed by atoms with Crippen LogP contribution in [0.15, 0.2) is 0 Å². The molecule has 4 aliphatic carbocycles. The zero-order chi connectivity index (χ0) is 14.3. The standard InChI is InChI=1S/C19H33NO/c1-2-4-20-18(17-3-5-21-13-17)12-19-9-14-6-15(10-19)8-16(7-14)11-19/h14-18,20H,2-13H2,1H3. The average Bonchev–Trinajstić information content (AvgIpc) is 2.96. The Morgan fingerprint density at radius 1 is 1.10 bits per heavy atom. The molecule has 2 unspecified atom stereocenters. The van der Waals surface area contributed by atoms with Crippen LogP contribution < -0.4 is 5.32 Å². The summed E-state index contributed by atoms with van der Waals surface area (Å²) in [7, 11) is 0. The fraction of sp³-hybridized carbons (Fsp3) is 1.00. The highest BCUT2D eigenvalue weighted by atomic mass is 16.5. The van der Waals surface area contributed by atoms with Gasteiger partial charge in [0.2, 0.25) is 0 Å². The predicted molar refractivity (Wildman–Crippen MR) is 86.2 cm³/mol. The summed E-state index contributed by atoms with van der Waals surface area (Å²) in [6, 6.07) is 0.726. The molecule has 0 radical (unpaired) electrons. The molecule has 0 spiro atoms. The average molecular weight is 291 g/mol. The van der Waals surface area contributed by atoms with Crippen molar-refractivity contribution < 1.29 is 4.74 Å². The Bertz CT molecular complexity index is 325. The van der Waals surface area contributed by atoms with E-state index in [0.717, 1.165) is 42.9 Å². The molecule has 5 rings (SSSR count). The van der Waals surface area contributed by atoms with Crippen molar-refractivity contribution in [2.75, 3.05) is 19.8 Å². The Balaban J connectivity index is 1.46. The van der Waals surface area contributed by atoms with Crippen LogP contribution >= 0.6 is 0 Å². The molecule has 0 aromatic rings. The lowest BCUT2D eigenvalue weighted by Crippen LogP contribution is -2.50. The van der Waals surface area contributed by atoms with Crippen molar-refractivity contribution in [2.45, 2.75) is 70.8 Å². The summed E-state index contributed by atoms with van der Waals surface area (Å²) in [5.41, 5.74) is 0.711. The second-order valence-corrected chi connectivity index (χ2v) is 8.81. The van der Waals surface area contributed by atoms with E-state index in [1.54, 1.807) is 38.5 Å². The molecule has 1 saturated heterocycles. The summed E-state index contributed by atoms with van der Waals surface area (Å²) in [5.74, 6) is 4.04. The van der Waals surface area contributed by atoms with Gasteiger partial charge in [0.15, 0.2) is 0 Å². The number of ether oxygens (including phenoxy) is 1. The lowest BCUT2D eigenvalue weighted by Gasteiger charge is -2.58. The molecule has 5 aliphatic rings. The number of nitrogens with one attached hydrogen (secondary N) is 1. The van der Waals surface area contributed by atoms with Crippen molar-refractivity contribution in [3.05, 3.63) is 0 Å². The minimum absolute atomic E-state index is 0.711. The molecule has 1 heterocycles. The van der Waals surface area contributed by atoms with Gasteiger partial charge in [-0.15, -0.1) is 0 Å². The minimum Gasteiger partial charge on any atom is -0.381 e. The third-order valence-corrected chi connectivity index (χ3v) is 7.01. The van der Waals surface area contributed by atoms with Crippen LogP contribution in [0.2, 0.25) is 0 Å². The Morgan fingerprint density at radius 3 is 2.29 bits per heavy atom. The van der Waals surface area contributed by atoms with E-state index < -0.39 is 0 Å². The van der Waals surface area contributed by atoms with E-state index in [4.69, 9.17) is 4.74 Å². The number of hydrogen-bond acceptors (Lipinski definition) is 2. The second-order valence-electron chi connectivity index (χ2n) is 8.81. The lowest BCUT2D eigenvalue weighted by molar-refractivity contribution is -0.0650. The molecular formula is C19H33NO. The zero-order valence-corrected chi connectivity index (χ0v) is 13.8. The van der Waals surface area contributed by atoms with Gasteiger partial charge in [0.25, 0.3) is 0 Å². The van der Waals surface area contributed by atoms with Crippen molar-refractivity contribution in [3.63, 3.8) is 0 Å². The van der Waals surface area contributed by atoms with E-state index in [-0.39, 0.29) is 0 Å². The van der Waals surface area contributed by atoms with Crippen LogP contribution in [0.25, 0.3) is 0 Å². The number of rotatable bonds is 6. The summed E-state index contributed by atoms with van der Waals surface area (Å²) in [4.78, 5) is 0. The molecular weight excluding hydrogens is 258 g/mol. The Kier molecular flexibility index (Phi) is 4.04. The van der Waals surface area contributed by atoms with E-state index in [9.17, 15) is 0 Å². The van der Waals surface area contributed by atoms with Gasteiger partial charge >= 0.3 is 0 Å². The molecule has 1 aliphatic heterocycles. The predicted octanol–water partition coefficient (Wildman–Crippen LogP) is 4.00. The molecule has 2 heteroatoms. The third-order valence-electron chi connectivity index (χ3n) is 7.01. The van der Waals surface area contributed by atoms with Crippen LogP contribution in [0.3, 0.4) is 0 Å². The van der Waals surface area contributed by atoms with Crippen molar-refractivity contribution in [2.24, 2.45) is 29.1 Å². The maximum atomic E-state index is 5.70. The van der Waals surface area contributed by atoms with Gasteiger partial charge in [-0.1, -0.05) is 6.92 Å². The van der Waals surface area contributed by atoms with Crippen molar-refractivity contribution in [1.29, 1.82) is 0 Å². The van der Waals surface area contributed by atoms with Gasteiger partial charge in [0.1, 0.15) is 0 Å². The smallest absolute Gasteiger partial charge is 0.0510 e. The molecule has 5 fully saturated rings. The molecule has 2 atom stereocenters. The van der Waals surface area contributed by atoms with Crippen LogP contribution in [0.4, 0.5) is 0 Å². The van der Waals surface area contributed by atoms with Gasteiger partial charge in [-0.05, 0) is 93.4 Å². The van der Waals surface area contributed by atoms with E-state index in [2.05, 4.69) is 12.2 Å². The van der Waals surface area contributed by atoms with Gasteiger partial charge in [-0.2, -0.15) is 0 Å². The Hall–Kier alpha value is -0.0800. The number of hydrogen-bond donors (Lipinski definition) is 1. The molecule has 1 N–H and O–H groups in total. The highest BCUT2D eigenvalue weighted by Crippen LogP contribution is 2.61. The first kappa shape index (κ1) is 14.5. The molecule has 120 valence electrons. The molecule has 0 aromatic carbocycles. The largest absolute Gasteiger partial charge is 0.381 e. The first-order chi connectivity index (χ1) is 10.3. The lowest BCUT2D eigenvalue weighted by atomic mass is 9.48. The van der Waals surface area contributed by atoms with Crippen LogP contribution in [0.5, 0.6) is 0 Å². The van der Waals surface area contributed by atoms with Crippen molar-refractivity contribution in [1.82, 2.24) is 5.32 Å². The van der Waals surface area contributed by atoms with E-state index in [1.165, 1.54) is 25.8 Å². The van der Waals surface area contributed by atoms with Gasteiger partial charge in [0, 0.05) is 12.6 Å². The molecule has 2 nitrogen and oxygen atoms in total. The third kappa shape index (κ3) is 2.91. The quantitative estimate of drug-likeness (QED) is 0.798. The maximum absolute atomic E-state index is 5.70. The van der Waals surface area contributed by atoms with E-state index in [0.29, 0.717) is 5.41 Å². The van der Waals surface area contributed by atoms with Gasteiger partial charge in [-0.3, -0.25) is 0 Å². The topological polar surface area (TPSA) is 21.3 Å². The fourth-order valence-electron chi connectivity index (χ4n) is 6.61. The summed E-state index contributed by atoms with van der Waals surface area (Å²) in [6.45, 7) is 5.48. The van der Waals surface area contributed by atoms with Crippen LogP contribution in [0, 0.1) is 29.1 Å². The summed E-state index contributed by atoms with van der Waals surface area (Å²) < 4.78 is 5.70. The van der Waals surface area contributed by atoms with Crippen molar-refractivity contribution >= 4 is 0 Å². The van der Waals surface area contributed by atoms with Gasteiger partial charge in [0.05, 0.1) is 6.61 Å². The highest BCUT2D eigenvalue weighted by Gasteiger charge is 2.51. The fourth-order valence-corrected chi connectivity index (χ4v) is 6.61. The normalized spacial score (nSPS) is 46.1. The first-order valence-electron chi connectivity index (χ1n) is 9.57. The molecule has 4 bridgehead atoms. The summed E-state index contributed by atoms with van der Waals surface area (Å²) in [6.07, 6.45) is 13.4. The Morgan fingerprint density at radius 2 is 1.76 bits per heavy atom. The molecule has 0 amide bonds. The van der Waals surface area contributed by atoms with Crippen molar-refractivity contribution in [3.8, 4) is 0 Å². The second kappa shape index (κ2) is 5.85. The van der Waals surface area contributed by atoms with Gasteiger partial charge < -0.3 is 10.1 Å². The van der Waals surface area contributed by atoms with Crippen LogP contribution in [0.1, 0.15) is 64.7 Å². The van der Waals surface area contributed by atoms with Crippen LogP contribution in [-0.4, -0.2) is 25.8 Å².